The lowest BCUT2D eigenvalue weighted by Crippen LogP contribution is -2.06. The second kappa shape index (κ2) is 7.17. The highest BCUT2D eigenvalue weighted by Crippen LogP contribution is 2.26. The van der Waals surface area contributed by atoms with Gasteiger partial charge in [-0.05, 0) is 35.1 Å². The number of benzene rings is 1. The summed E-state index contributed by atoms with van der Waals surface area (Å²) in [5.41, 5.74) is 1.64. The first-order valence-electron chi connectivity index (χ1n) is 6.05. The standard InChI is InChI=1S/C14H17F2NO2S2/c1-9-5-6-12(21(4,18)19)8-11(9)7-10(2)20-14(17-3)13(15)16/h5-6,8,13H,2,7H2,1,3-4H3. The fraction of sp³-hybridized carbons (Fsp3) is 0.357. The molecule has 0 aliphatic rings. The van der Waals surface area contributed by atoms with Gasteiger partial charge in [0.05, 0.1) is 4.90 Å². The molecule has 0 bridgehead atoms. The number of alkyl halides is 2. The molecule has 0 amide bonds. The molecule has 1 rings (SSSR count). The van der Waals surface area contributed by atoms with E-state index < -0.39 is 16.3 Å². The van der Waals surface area contributed by atoms with Crippen molar-refractivity contribution in [1.29, 1.82) is 0 Å². The Balaban J connectivity index is 2.95. The molecule has 0 atom stereocenters. The van der Waals surface area contributed by atoms with Crippen LogP contribution in [0.25, 0.3) is 0 Å². The number of aliphatic imine (C=N–C) groups is 1. The van der Waals surface area contributed by atoms with Crippen LogP contribution in [0, 0.1) is 6.92 Å². The molecule has 116 valence electrons. The summed E-state index contributed by atoms with van der Waals surface area (Å²) in [5.74, 6) is 0. The lowest BCUT2D eigenvalue weighted by atomic mass is 10.1. The summed E-state index contributed by atoms with van der Waals surface area (Å²) in [6, 6.07) is 4.79. The first kappa shape index (κ1) is 17.8. The molecule has 0 saturated heterocycles. The molecule has 3 nitrogen and oxygen atoms in total. The number of nitrogens with zero attached hydrogens (tertiary/aromatic N) is 1. The predicted molar refractivity (Wildman–Crippen MR) is 84.1 cm³/mol. The van der Waals surface area contributed by atoms with Gasteiger partial charge < -0.3 is 0 Å². The highest BCUT2D eigenvalue weighted by molar-refractivity contribution is 8.17. The van der Waals surface area contributed by atoms with Crippen molar-refractivity contribution in [2.45, 2.75) is 24.7 Å². The van der Waals surface area contributed by atoms with Crippen LogP contribution in [0.1, 0.15) is 11.1 Å². The molecule has 0 fully saturated rings. The number of hydrogen-bond donors (Lipinski definition) is 0. The van der Waals surface area contributed by atoms with Crippen molar-refractivity contribution in [2.24, 2.45) is 4.99 Å². The average Bonchev–Trinajstić information content (AvgIpc) is 2.36. The molecule has 0 unspecified atom stereocenters. The summed E-state index contributed by atoms with van der Waals surface area (Å²) < 4.78 is 48.4. The lowest BCUT2D eigenvalue weighted by Gasteiger charge is -2.11. The molecule has 7 heteroatoms. The third-order valence-electron chi connectivity index (χ3n) is 2.79. The van der Waals surface area contributed by atoms with Crippen LogP contribution in [0.15, 0.2) is 39.6 Å². The van der Waals surface area contributed by atoms with E-state index in [-0.39, 0.29) is 9.94 Å². The Morgan fingerprint density at radius 3 is 2.52 bits per heavy atom. The van der Waals surface area contributed by atoms with Crippen molar-refractivity contribution in [2.75, 3.05) is 13.3 Å². The molecule has 0 saturated carbocycles. The van der Waals surface area contributed by atoms with Gasteiger partial charge in [-0.15, -0.1) is 0 Å². The first-order chi connectivity index (χ1) is 9.65. The van der Waals surface area contributed by atoms with Gasteiger partial charge in [-0.1, -0.05) is 24.4 Å². The summed E-state index contributed by atoms with van der Waals surface area (Å²) in [4.78, 5) is 4.22. The predicted octanol–water partition coefficient (Wildman–Crippen LogP) is 3.48. The zero-order chi connectivity index (χ0) is 16.2. The van der Waals surface area contributed by atoms with E-state index in [1.54, 1.807) is 12.1 Å². The Morgan fingerprint density at radius 1 is 1.43 bits per heavy atom. The fourth-order valence-corrected chi connectivity index (χ4v) is 3.03. The van der Waals surface area contributed by atoms with Crippen molar-refractivity contribution < 1.29 is 17.2 Å². The number of rotatable bonds is 5. The van der Waals surface area contributed by atoms with Crippen LogP contribution < -0.4 is 0 Å². The van der Waals surface area contributed by atoms with E-state index in [2.05, 4.69) is 11.6 Å². The second-order valence-corrected chi connectivity index (χ2v) is 7.76. The molecule has 1 aromatic carbocycles. The van der Waals surface area contributed by atoms with Crippen LogP contribution in [-0.4, -0.2) is 33.2 Å². The Labute approximate surface area is 128 Å². The Kier molecular flexibility index (Phi) is 6.10. The molecular formula is C14H17F2NO2S2. The zero-order valence-corrected chi connectivity index (χ0v) is 13.7. The SMILES string of the molecule is C=C(Cc1cc(S(C)(=O)=O)ccc1C)SC(=NC)C(F)F. The summed E-state index contributed by atoms with van der Waals surface area (Å²) in [6.45, 7) is 5.59. The molecule has 0 heterocycles. The summed E-state index contributed by atoms with van der Waals surface area (Å²) >= 11 is 0.826. The number of halogens is 2. The normalized spacial score (nSPS) is 12.8. The van der Waals surface area contributed by atoms with Gasteiger partial charge in [0.2, 0.25) is 0 Å². The van der Waals surface area contributed by atoms with Gasteiger partial charge in [0.25, 0.3) is 6.43 Å². The molecule has 21 heavy (non-hydrogen) atoms. The minimum atomic E-state index is -3.30. The molecule has 0 spiro atoms. The van der Waals surface area contributed by atoms with E-state index in [0.717, 1.165) is 29.1 Å². The Morgan fingerprint density at radius 2 is 2.05 bits per heavy atom. The average molecular weight is 333 g/mol. The van der Waals surface area contributed by atoms with Crippen molar-refractivity contribution >= 4 is 26.6 Å². The maximum Gasteiger partial charge on any atom is 0.286 e. The summed E-state index contributed by atoms with van der Waals surface area (Å²) in [6.07, 6.45) is -1.20. The number of allylic oxidation sites excluding steroid dienone is 1. The van der Waals surface area contributed by atoms with Crippen LogP contribution in [-0.2, 0) is 16.3 Å². The smallest absolute Gasteiger partial charge is 0.280 e. The van der Waals surface area contributed by atoms with Gasteiger partial charge in [0.1, 0.15) is 5.04 Å². The summed E-state index contributed by atoms with van der Waals surface area (Å²) in [7, 11) is -2.00. The van der Waals surface area contributed by atoms with Gasteiger partial charge in [-0.3, -0.25) is 4.99 Å². The largest absolute Gasteiger partial charge is 0.286 e. The molecule has 0 N–H and O–H groups in total. The van der Waals surface area contributed by atoms with E-state index >= 15 is 0 Å². The van der Waals surface area contributed by atoms with Crippen LogP contribution in [0.3, 0.4) is 0 Å². The molecule has 0 aliphatic carbocycles. The van der Waals surface area contributed by atoms with Crippen molar-refractivity contribution in [3.05, 3.63) is 40.8 Å². The van der Waals surface area contributed by atoms with Gasteiger partial charge in [-0.25, -0.2) is 17.2 Å². The molecule has 0 aromatic heterocycles. The molecule has 0 radical (unpaired) electrons. The minimum Gasteiger partial charge on any atom is -0.280 e. The van der Waals surface area contributed by atoms with E-state index in [1.807, 2.05) is 6.92 Å². The highest BCUT2D eigenvalue weighted by atomic mass is 32.2. The first-order valence-corrected chi connectivity index (χ1v) is 8.76. The van der Waals surface area contributed by atoms with Gasteiger partial charge in [-0.2, -0.15) is 0 Å². The van der Waals surface area contributed by atoms with Crippen molar-refractivity contribution in [1.82, 2.24) is 0 Å². The Hall–Kier alpha value is -1.21. The monoisotopic (exact) mass is 333 g/mol. The third-order valence-corrected chi connectivity index (χ3v) is 4.91. The minimum absolute atomic E-state index is 0.208. The number of thioether (sulfide) groups is 1. The van der Waals surface area contributed by atoms with Gasteiger partial charge >= 0.3 is 0 Å². The summed E-state index contributed by atoms with van der Waals surface area (Å²) in [5, 5.41) is -0.295. The van der Waals surface area contributed by atoms with Crippen molar-refractivity contribution in [3.8, 4) is 0 Å². The maximum atomic E-state index is 12.6. The zero-order valence-electron chi connectivity index (χ0n) is 12.1. The van der Waals surface area contributed by atoms with E-state index in [9.17, 15) is 17.2 Å². The van der Waals surface area contributed by atoms with E-state index in [4.69, 9.17) is 0 Å². The van der Waals surface area contributed by atoms with E-state index in [0.29, 0.717) is 11.3 Å². The second-order valence-electron chi connectivity index (χ2n) is 4.54. The Bertz CT molecular complexity index is 668. The topological polar surface area (TPSA) is 46.5 Å². The molecule has 0 aliphatic heterocycles. The number of aryl methyl sites for hydroxylation is 1. The van der Waals surface area contributed by atoms with E-state index in [1.165, 1.54) is 13.1 Å². The third kappa shape index (κ3) is 5.24. The highest BCUT2D eigenvalue weighted by Gasteiger charge is 2.16. The lowest BCUT2D eigenvalue weighted by molar-refractivity contribution is 0.229. The van der Waals surface area contributed by atoms with Crippen LogP contribution >= 0.6 is 11.8 Å². The maximum absolute atomic E-state index is 12.6. The van der Waals surface area contributed by atoms with Crippen LogP contribution in [0.4, 0.5) is 8.78 Å². The van der Waals surface area contributed by atoms with Gasteiger partial charge in [0.15, 0.2) is 9.84 Å². The molecule has 1 aromatic rings. The van der Waals surface area contributed by atoms with Crippen molar-refractivity contribution in [3.63, 3.8) is 0 Å². The molecular weight excluding hydrogens is 316 g/mol. The number of sulfone groups is 1. The van der Waals surface area contributed by atoms with Crippen LogP contribution in [0.2, 0.25) is 0 Å². The van der Waals surface area contributed by atoms with Crippen LogP contribution in [0.5, 0.6) is 0 Å². The number of hydrogen-bond acceptors (Lipinski definition) is 4. The van der Waals surface area contributed by atoms with Gasteiger partial charge in [0, 0.05) is 19.7 Å². The fourth-order valence-electron chi connectivity index (χ4n) is 1.65. The quantitative estimate of drug-likeness (QED) is 0.612.